The Bertz CT molecular complexity index is 879. The van der Waals surface area contributed by atoms with Crippen molar-refractivity contribution in [2.45, 2.75) is 13.5 Å². The molecule has 122 valence electrons. The topological polar surface area (TPSA) is 57.0 Å². The monoisotopic (exact) mass is 361 g/mol. The maximum absolute atomic E-state index is 12.4. The van der Waals surface area contributed by atoms with Crippen LogP contribution in [-0.4, -0.2) is 20.7 Å². The molecular formula is C17H13Cl2N3O2. The zero-order valence-electron chi connectivity index (χ0n) is 12.7. The van der Waals surface area contributed by atoms with Gasteiger partial charge in [0, 0.05) is 11.2 Å². The highest BCUT2D eigenvalue weighted by atomic mass is 35.5. The summed E-state index contributed by atoms with van der Waals surface area (Å²) in [5.74, 6) is -0.229. The average molecular weight is 362 g/mol. The van der Waals surface area contributed by atoms with Gasteiger partial charge in [-0.2, -0.15) is 5.10 Å². The van der Waals surface area contributed by atoms with Crippen molar-refractivity contribution in [1.82, 2.24) is 14.8 Å². The van der Waals surface area contributed by atoms with Crippen LogP contribution in [0.4, 0.5) is 0 Å². The van der Waals surface area contributed by atoms with Gasteiger partial charge in [-0.15, -0.1) is 0 Å². The number of pyridine rings is 1. The number of carbonyl (C=O) groups excluding carboxylic acids is 1. The molecule has 0 spiro atoms. The van der Waals surface area contributed by atoms with Gasteiger partial charge in [0.15, 0.2) is 0 Å². The van der Waals surface area contributed by atoms with Crippen molar-refractivity contribution in [3.8, 4) is 5.75 Å². The third-order valence-electron chi connectivity index (χ3n) is 3.39. The van der Waals surface area contributed by atoms with E-state index in [4.69, 9.17) is 27.9 Å². The Balaban J connectivity index is 1.86. The summed E-state index contributed by atoms with van der Waals surface area (Å²) < 4.78 is 6.81. The van der Waals surface area contributed by atoms with Crippen molar-refractivity contribution in [3.63, 3.8) is 0 Å². The zero-order valence-corrected chi connectivity index (χ0v) is 14.3. The average Bonchev–Trinajstić information content (AvgIpc) is 2.84. The van der Waals surface area contributed by atoms with E-state index in [-0.39, 0.29) is 10.7 Å². The summed E-state index contributed by atoms with van der Waals surface area (Å²) in [5, 5.41) is 5.14. The van der Waals surface area contributed by atoms with Crippen LogP contribution in [0, 0.1) is 6.92 Å². The standard InChI is InChI=1S/C17H13Cl2N3O2/c1-11-15(17(23)24-13-6-4-8-20-9-13)16(19)22(21-11)10-12-5-2-3-7-14(12)18/h2-9H,10H2,1H3. The first-order valence-corrected chi connectivity index (χ1v) is 7.90. The molecule has 7 heteroatoms. The second-order valence-corrected chi connectivity index (χ2v) is 5.84. The molecular weight excluding hydrogens is 349 g/mol. The van der Waals surface area contributed by atoms with Gasteiger partial charge in [-0.3, -0.25) is 4.98 Å². The molecule has 2 heterocycles. The molecule has 5 nitrogen and oxygen atoms in total. The van der Waals surface area contributed by atoms with Crippen LogP contribution in [0.1, 0.15) is 21.6 Å². The molecule has 2 aromatic heterocycles. The highest BCUT2D eigenvalue weighted by Crippen LogP contribution is 2.24. The molecule has 0 unspecified atom stereocenters. The number of rotatable bonds is 4. The molecule has 0 atom stereocenters. The Labute approximate surface area is 148 Å². The molecule has 0 saturated carbocycles. The maximum atomic E-state index is 12.4. The molecule has 0 aliphatic carbocycles. The number of carbonyl (C=O) groups is 1. The van der Waals surface area contributed by atoms with E-state index < -0.39 is 5.97 Å². The highest BCUT2D eigenvalue weighted by molar-refractivity contribution is 6.33. The van der Waals surface area contributed by atoms with Gasteiger partial charge in [0.25, 0.3) is 0 Å². The van der Waals surface area contributed by atoms with Crippen LogP contribution in [0.5, 0.6) is 5.75 Å². The summed E-state index contributed by atoms with van der Waals surface area (Å²) >= 11 is 12.5. The largest absolute Gasteiger partial charge is 0.421 e. The summed E-state index contributed by atoms with van der Waals surface area (Å²) in [6.07, 6.45) is 3.05. The Morgan fingerprint density at radius 2 is 2.00 bits per heavy atom. The molecule has 0 amide bonds. The number of aromatic nitrogens is 3. The molecule has 0 aliphatic heterocycles. The number of hydrogen-bond acceptors (Lipinski definition) is 4. The summed E-state index contributed by atoms with van der Waals surface area (Å²) in [6.45, 7) is 2.06. The lowest BCUT2D eigenvalue weighted by Gasteiger charge is -2.06. The lowest BCUT2D eigenvalue weighted by molar-refractivity contribution is 0.0733. The fraction of sp³-hybridized carbons (Fsp3) is 0.118. The Hall–Kier alpha value is -2.37. The van der Waals surface area contributed by atoms with Gasteiger partial charge in [-0.05, 0) is 30.7 Å². The van der Waals surface area contributed by atoms with E-state index in [0.717, 1.165) is 5.56 Å². The quantitative estimate of drug-likeness (QED) is 0.654. The lowest BCUT2D eigenvalue weighted by atomic mass is 10.2. The van der Waals surface area contributed by atoms with Crippen LogP contribution in [0.2, 0.25) is 10.2 Å². The molecule has 3 rings (SSSR count). The molecule has 1 aromatic carbocycles. The van der Waals surface area contributed by atoms with E-state index in [1.807, 2.05) is 18.2 Å². The normalized spacial score (nSPS) is 10.6. The second-order valence-electron chi connectivity index (χ2n) is 5.08. The van der Waals surface area contributed by atoms with Crippen molar-refractivity contribution in [2.75, 3.05) is 0 Å². The molecule has 0 N–H and O–H groups in total. The van der Waals surface area contributed by atoms with Gasteiger partial charge in [-0.25, -0.2) is 9.48 Å². The van der Waals surface area contributed by atoms with Gasteiger partial charge in [0.2, 0.25) is 0 Å². The van der Waals surface area contributed by atoms with Gasteiger partial charge in [0.1, 0.15) is 16.5 Å². The van der Waals surface area contributed by atoms with E-state index in [2.05, 4.69) is 10.1 Å². The van der Waals surface area contributed by atoms with E-state index in [9.17, 15) is 4.79 Å². The van der Waals surface area contributed by atoms with Gasteiger partial charge >= 0.3 is 5.97 Å². The van der Waals surface area contributed by atoms with Crippen molar-refractivity contribution in [1.29, 1.82) is 0 Å². The number of esters is 1. The summed E-state index contributed by atoms with van der Waals surface area (Å²) in [7, 11) is 0. The molecule has 0 saturated heterocycles. The van der Waals surface area contributed by atoms with Gasteiger partial charge < -0.3 is 4.74 Å². The first-order chi connectivity index (χ1) is 11.6. The van der Waals surface area contributed by atoms with Crippen molar-refractivity contribution >= 4 is 29.2 Å². The van der Waals surface area contributed by atoms with Crippen LogP contribution in [0.15, 0.2) is 48.8 Å². The summed E-state index contributed by atoms with van der Waals surface area (Å²) in [5.41, 5.74) is 1.57. The number of benzene rings is 1. The van der Waals surface area contributed by atoms with E-state index in [1.165, 1.54) is 10.9 Å². The van der Waals surface area contributed by atoms with Gasteiger partial charge in [-0.1, -0.05) is 41.4 Å². The molecule has 0 fully saturated rings. The molecule has 0 bridgehead atoms. The third kappa shape index (κ3) is 3.42. The fourth-order valence-electron chi connectivity index (χ4n) is 2.24. The van der Waals surface area contributed by atoms with Crippen LogP contribution < -0.4 is 4.74 Å². The molecule has 24 heavy (non-hydrogen) atoms. The molecule has 0 radical (unpaired) electrons. The Morgan fingerprint density at radius 1 is 1.21 bits per heavy atom. The van der Waals surface area contributed by atoms with Gasteiger partial charge in [0.05, 0.1) is 18.4 Å². The Kier molecular flexibility index (Phi) is 4.83. The zero-order chi connectivity index (χ0) is 17.1. The number of aryl methyl sites for hydroxylation is 1. The summed E-state index contributed by atoms with van der Waals surface area (Å²) in [4.78, 5) is 16.3. The third-order valence-corrected chi connectivity index (χ3v) is 4.15. The van der Waals surface area contributed by atoms with E-state index in [0.29, 0.717) is 23.0 Å². The Morgan fingerprint density at radius 3 is 2.71 bits per heavy atom. The highest BCUT2D eigenvalue weighted by Gasteiger charge is 2.22. The fourth-order valence-corrected chi connectivity index (χ4v) is 2.75. The van der Waals surface area contributed by atoms with Crippen LogP contribution in [-0.2, 0) is 6.54 Å². The predicted molar refractivity (Wildman–Crippen MR) is 91.7 cm³/mol. The first-order valence-electron chi connectivity index (χ1n) is 7.15. The number of nitrogens with zero attached hydrogens (tertiary/aromatic N) is 3. The van der Waals surface area contributed by atoms with Crippen LogP contribution in [0.25, 0.3) is 0 Å². The van der Waals surface area contributed by atoms with Crippen molar-refractivity contribution in [3.05, 3.63) is 75.8 Å². The smallest absolute Gasteiger partial charge is 0.348 e. The second kappa shape index (κ2) is 7.03. The van der Waals surface area contributed by atoms with Crippen molar-refractivity contribution < 1.29 is 9.53 Å². The minimum Gasteiger partial charge on any atom is -0.421 e. The van der Waals surface area contributed by atoms with Crippen molar-refractivity contribution in [2.24, 2.45) is 0 Å². The molecule has 3 aromatic rings. The minimum absolute atomic E-state index is 0.210. The minimum atomic E-state index is -0.573. The number of ether oxygens (including phenoxy) is 1. The first kappa shape index (κ1) is 16.5. The SMILES string of the molecule is Cc1nn(Cc2ccccc2Cl)c(Cl)c1C(=O)Oc1cccnc1. The van der Waals surface area contributed by atoms with Crippen LogP contribution in [0.3, 0.4) is 0 Å². The lowest BCUT2D eigenvalue weighted by Crippen LogP contribution is -2.10. The number of halogens is 2. The van der Waals surface area contributed by atoms with E-state index >= 15 is 0 Å². The summed E-state index contributed by atoms with van der Waals surface area (Å²) in [6, 6.07) is 10.7. The van der Waals surface area contributed by atoms with Crippen LogP contribution >= 0.6 is 23.2 Å². The molecule has 0 aliphatic rings. The van der Waals surface area contributed by atoms with E-state index in [1.54, 1.807) is 31.3 Å². The number of hydrogen-bond donors (Lipinski definition) is 0. The predicted octanol–water partition coefficient (Wildman–Crippen LogP) is 4.16. The maximum Gasteiger partial charge on any atom is 0.348 e.